The highest BCUT2D eigenvalue weighted by molar-refractivity contribution is 5.76. The van der Waals surface area contributed by atoms with Crippen molar-refractivity contribution in [1.82, 2.24) is 4.98 Å². The van der Waals surface area contributed by atoms with Crippen LogP contribution in [0.4, 0.5) is 0 Å². The number of nitriles is 1. The molecule has 0 amide bonds. The Balaban J connectivity index is 3.12. The van der Waals surface area contributed by atoms with Gasteiger partial charge in [-0.25, -0.2) is 0 Å². The van der Waals surface area contributed by atoms with Crippen LogP contribution in [0.15, 0.2) is 30.2 Å². The first kappa shape index (κ1) is 11.3. The van der Waals surface area contributed by atoms with Gasteiger partial charge in [-0.15, -0.1) is 0 Å². The van der Waals surface area contributed by atoms with Crippen molar-refractivity contribution in [2.24, 2.45) is 0 Å². The monoisotopic (exact) mass is 202 g/mol. The minimum Gasteiger partial charge on any atom is -0.497 e. The summed E-state index contributed by atoms with van der Waals surface area (Å²) < 4.78 is 5.42. The second kappa shape index (κ2) is 5.82. The van der Waals surface area contributed by atoms with E-state index in [0.29, 0.717) is 30.1 Å². The van der Waals surface area contributed by atoms with E-state index in [9.17, 15) is 0 Å². The molecule has 0 spiro atoms. The van der Waals surface area contributed by atoms with Crippen molar-refractivity contribution in [1.29, 1.82) is 5.26 Å². The first-order chi connectivity index (χ1) is 7.33. The van der Waals surface area contributed by atoms with E-state index < -0.39 is 0 Å². The molecule has 0 aliphatic rings. The molecule has 0 bridgehead atoms. The Morgan fingerprint density at radius 2 is 2.27 bits per heavy atom. The summed E-state index contributed by atoms with van der Waals surface area (Å²) in [6, 6.07) is 7.64. The molecule has 78 valence electrons. The van der Waals surface area contributed by atoms with Crippen LogP contribution in [0.25, 0.3) is 5.57 Å². The van der Waals surface area contributed by atoms with Gasteiger partial charge in [0, 0.05) is 12.6 Å². The maximum atomic E-state index is 9.08. The lowest BCUT2D eigenvalue weighted by atomic mass is 10.1. The first-order valence-corrected chi connectivity index (χ1v) is 5.00. The maximum Gasteiger partial charge on any atom is 0.116 e. The second-order valence-corrected chi connectivity index (χ2v) is 2.91. The van der Waals surface area contributed by atoms with E-state index >= 15 is 0 Å². The summed E-state index contributed by atoms with van der Waals surface area (Å²) in [4.78, 5) is 4.14. The third kappa shape index (κ3) is 2.81. The Hall–Kier alpha value is -1.82. The fourth-order valence-electron chi connectivity index (χ4n) is 1.30. The first-order valence-electron chi connectivity index (χ1n) is 5.00. The van der Waals surface area contributed by atoms with Gasteiger partial charge in [-0.1, -0.05) is 13.0 Å². The molecular weight excluding hydrogens is 188 g/mol. The molecule has 0 aromatic carbocycles. The van der Waals surface area contributed by atoms with Crippen molar-refractivity contribution in [3.05, 3.63) is 35.8 Å². The quantitative estimate of drug-likeness (QED) is 0.557. The number of hydrogen-bond acceptors (Lipinski definition) is 3. The number of allylic oxidation sites excluding steroid dienone is 2. The van der Waals surface area contributed by atoms with E-state index in [1.165, 1.54) is 0 Å². The van der Waals surface area contributed by atoms with Crippen molar-refractivity contribution in [3.8, 4) is 6.07 Å². The summed E-state index contributed by atoms with van der Waals surface area (Å²) >= 11 is 0. The van der Waals surface area contributed by atoms with Crippen LogP contribution in [0.1, 0.15) is 26.0 Å². The predicted molar refractivity (Wildman–Crippen MR) is 58.7 cm³/mol. The van der Waals surface area contributed by atoms with Gasteiger partial charge in [0.15, 0.2) is 0 Å². The van der Waals surface area contributed by atoms with Gasteiger partial charge in [-0.05, 0) is 19.1 Å². The summed E-state index contributed by atoms with van der Waals surface area (Å²) in [5.74, 6) is 0.707. The number of aromatic nitrogens is 1. The number of nitrogens with zero attached hydrogens (tertiary/aromatic N) is 2. The lowest BCUT2D eigenvalue weighted by molar-refractivity contribution is 0.223. The molecule has 0 unspecified atom stereocenters. The van der Waals surface area contributed by atoms with Crippen molar-refractivity contribution in [2.75, 3.05) is 6.61 Å². The third-order valence-corrected chi connectivity index (χ3v) is 1.95. The van der Waals surface area contributed by atoms with Gasteiger partial charge in [-0.2, -0.15) is 5.26 Å². The summed E-state index contributed by atoms with van der Waals surface area (Å²) in [6.07, 6.45) is 2.37. The fourth-order valence-corrected chi connectivity index (χ4v) is 1.30. The molecule has 3 nitrogen and oxygen atoms in total. The molecule has 1 aromatic heterocycles. The van der Waals surface area contributed by atoms with Gasteiger partial charge in [0.25, 0.3) is 0 Å². The van der Waals surface area contributed by atoms with E-state index in [-0.39, 0.29) is 0 Å². The Labute approximate surface area is 90.0 Å². The lowest BCUT2D eigenvalue weighted by Gasteiger charge is -2.08. The number of hydrogen-bond donors (Lipinski definition) is 0. The van der Waals surface area contributed by atoms with Crippen LogP contribution >= 0.6 is 0 Å². The minimum absolute atomic E-state index is 0.528. The van der Waals surface area contributed by atoms with Crippen molar-refractivity contribution in [2.45, 2.75) is 20.3 Å². The Bertz CT molecular complexity index is 376. The molecule has 15 heavy (non-hydrogen) atoms. The summed E-state index contributed by atoms with van der Waals surface area (Å²) in [7, 11) is 0. The van der Waals surface area contributed by atoms with Crippen molar-refractivity contribution < 1.29 is 4.74 Å². The SMILES string of the molecule is CCOC(CC)=C(C#N)c1ccccn1. The van der Waals surface area contributed by atoms with E-state index in [1.54, 1.807) is 6.20 Å². The topological polar surface area (TPSA) is 45.9 Å². The van der Waals surface area contributed by atoms with Gasteiger partial charge < -0.3 is 4.74 Å². The zero-order valence-corrected chi connectivity index (χ0v) is 9.03. The number of pyridine rings is 1. The van der Waals surface area contributed by atoms with Gasteiger partial charge in [-0.3, -0.25) is 4.98 Å². The molecule has 0 saturated carbocycles. The highest BCUT2D eigenvalue weighted by Gasteiger charge is 2.09. The van der Waals surface area contributed by atoms with Gasteiger partial charge >= 0.3 is 0 Å². The van der Waals surface area contributed by atoms with E-state index in [1.807, 2.05) is 32.0 Å². The van der Waals surface area contributed by atoms with Crippen LogP contribution in [0.2, 0.25) is 0 Å². The van der Waals surface area contributed by atoms with E-state index in [2.05, 4.69) is 11.1 Å². The third-order valence-electron chi connectivity index (χ3n) is 1.95. The second-order valence-electron chi connectivity index (χ2n) is 2.91. The number of rotatable bonds is 4. The Kier molecular flexibility index (Phi) is 4.36. The van der Waals surface area contributed by atoms with Crippen LogP contribution in [-0.2, 0) is 4.74 Å². The largest absolute Gasteiger partial charge is 0.497 e. The van der Waals surface area contributed by atoms with Crippen molar-refractivity contribution in [3.63, 3.8) is 0 Å². The zero-order chi connectivity index (χ0) is 11.1. The molecule has 0 aliphatic carbocycles. The van der Waals surface area contributed by atoms with Crippen LogP contribution in [0.5, 0.6) is 0 Å². The normalized spacial score (nSPS) is 11.5. The molecular formula is C12H14N2O. The highest BCUT2D eigenvalue weighted by Crippen LogP contribution is 2.18. The average molecular weight is 202 g/mol. The van der Waals surface area contributed by atoms with Crippen LogP contribution in [0, 0.1) is 11.3 Å². The summed E-state index contributed by atoms with van der Waals surface area (Å²) in [6.45, 7) is 4.44. The Morgan fingerprint density at radius 3 is 2.73 bits per heavy atom. The van der Waals surface area contributed by atoms with Crippen LogP contribution in [0.3, 0.4) is 0 Å². The molecule has 0 N–H and O–H groups in total. The van der Waals surface area contributed by atoms with E-state index in [0.717, 1.165) is 0 Å². The Morgan fingerprint density at radius 1 is 1.47 bits per heavy atom. The van der Waals surface area contributed by atoms with Gasteiger partial charge in [0.2, 0.25) is 0 Å². The minimum atomic E-state index is 0.528. The van der Waals surface area contributed by atoms with E-state index in [4.69, 9.17) is 10.00 Å². The molecule has 1 heterocycles. The summed E-state index contributed by atoms with van der Waals surface area (Å²) in [5.41, 5.74) is 1.20. The molecule has 0 saturated heterocycles. The van der Waals surface area contributed by atoms with Gasteiger partial charge in [0.1, 0.15) is 17.4 Å². The molecule has 0 aliphatic heterocycles. The predicted octanol–water partition coefficient (Wildman–Crippen LogP) is 2.76. The molecule has 1 rings (SSSR count). The fraction of sp³-hybridized carbons (Fsp3) is 0.333. The van der Waals surface area contributed by atoms with Crippen LogP contribution < -0.4 is 0 Å². The summed E-state index contributed by atoms with van der Waals surface area (Å²) in [5, 5.41) is 9.08. The zero-order valence-electron chi connectivity index (χ0n) is 9.03. The maximum absolute atomic E-state index is 9.08. The molecule has 3 heteroatoms. The van der Waals surface area contributed by atoms with Crippen LogP contribution in [-0.4, -0.2) is 11.6 Å². The van der Waals surface area contributed by atoms with Gasteiger partial charge in [0.05, 0.1) is 12.3 Å². The van der Waals surface area contributed by atoms with Crippen molar-refractivity contribution >= 4 is 5.57 Å². The number of ether oxygens (including phenoxy) is 1. The standard InChI is InChI=1S/C12H14N2O/c1-3-12(15-4-2)10(9-13)11-7-5-6-8-14-11/h5-8H,3-4H2,1-2H3. The molecule has 0 fully saturated rings. The molecule has 1 aromatic rings. The molecule has 0 atom stereocenters. The molecule has 0 radical (unpaired) electrons. The smallest absolute Gasteiger partial charge is 0.116 e. The average Bonchev–Trinajstić information content (AvgIpc) is 2.30. The lowest BCUT2D eigenvalue weighted by Crippen LogP contribution is -1.97. The highest BCUT2D eigenvalue weighted by atomic mass is 16.5.